The van der Waals surface area contributed by atoms with E-state index in [-0.39, 0.29) is 16.8 Å². The summed E-state index contributed by atoms with van der Waals surface area (Å²) in [5.41, 5.74) is 2.57. The third-order valence-electron chi connectivity index (χ3n) is 3.22. The van der Waals surface area contributed by atoms with Crippen molar-refractivity contribution in [2.45, 2.75) is 20.8 Å². The molecule has 20 heavy (non-hydrogen) atoms. The molecule has 1 aromatic heterocycles. The van der Waals surface area contributed by atoms with E-state index in [1.165, 1.54) is 13.0 Å². The average Bonchev–Trinajstić information content (AvgIpc) is 2.38. The molecule has 0 N–H and O–H groups in total. The Hall–Kier alpha value is -2.36. The topological polar surface area (TPSA) is 48.3 Å². The second-order valence-corrected chi connectivity index (χ2v) is 4.79. The Bertz CT molecular complexity index is 729. The minimum atomic E-state index is -0.252. The normalized spacial score (nSPS) is 10.4. The molecule has 0 spiro atoms. The monoisotopic (exact) mass is 271 g/mol. The molecule has 4 nitrogen and oxygen atoms in total. The fraction of sp³-hybridized carbons (Fsp3) is 0.250. The molecule has 1 heterocycles. The van der Waals surface area contributed by atoms with E-state index in [0.717, 1.165) is 16.9 Å². The van der Waals surface area contributed by atoms with Crippen molar-refractivity contribution in [3.05, 3.63) is 57.5 Å². The molecular formula is C16H17NO3. The van der Waals surface area contributed by atoms with E-state index in [0.29, 0.717) is 5.75 Å². The molecule has 2 rings (SSSR count). The Morgan fingerprint density at radius 1 is 1.20 bits per heavy atom. The number of methoxy groups -OCH3 is 1. The number of ether oxygens (including phenoxy) is 1. The van der Waals surface area contributed by atoms with Gasteiger partial charge in [0.05, 0.1) is 18.4 Å². The fourth-order valence-electron chi connectivity index (χ4n) is 2.14. The lowest BCUT2D eigenvalue weighted by molar-refractivity contribution is 0.101. The highest BCUT2D eigenvalue weighted by Crippen LogP contribution is 2.25. The van der Waals surface area contributed by atoms with Crippen molar-refractivity contribution in [3.8, 4) is 11.4 Å². The van der Waals surface area contributed by atoms with Crippen molar-refractivity contribution in [1.82, 2.24) is 4.57 Å². The second-order valence-electron chi connectivity index (χ2n) is 4.79. The quantitative estimate of drug-likeness (QED) is 0.806. The van der Waals surface area contributed by atoms with E-state index in [1.54, 1.807) is 13.3 Å². The number of hydrogen-bond acceptors (Lipinski definition) is 3. The van der Waals surface area contributed by atoms with Crippen molar-refractivity contribution in [2.75, 3.05) is 7.11 Å². The van der Waals surface area contributed by atoms with Gasteiger partial charge in [-0.1, -0.05) is 6.07 Å². The number of carbonyl (C=O) groups excluding carboxylic acids is 1. The Morgan fingerprint density at radius 2 is 1.90 bits per heavy atom. The first kappa shape index (κ1) is 14.1. The van der Waals surface area contributed by atoms with Crippen LogP contribution in [0.25, 0.3) is 5.69 Å². The zero-order valence-electron chi connectivity index (χ0n) is 12.1. The molecule has 0 fully saturated rings. The first-order chi connectivity index (χ1) is 9.43. The highest BCUT2D eigenvalue weighted by Gasteiger charge is 2.12. The van der Waals surface area contributed by atoms with Crippen LogP contribution in [0.2, 0.25) is 0 Å². The van der Waals surface area contributed by atoms with Crippen LogP contribution >= 0.6 is 0 Å². The standard InChI is InChI=1S/C16H17NO3/c1-10-5-6-16(20-4)14(7-10)17-9-13(12(3)18)15(19)8-11(17)2/h5-9H,1-4H3. The predicted octanol–water partition coefficient (Wildman–Crippen LogP) is 2.67. The number of pyridine rings is 1. The summed E-state index contributed by atoms with van der Waals surface area (Å²) in [6.07, 6.45) is 1.58. The van der Waals surface area contributed by atoms with Gasteiger partial charge in [0.2, 0.25) is 0 Å². The average molecular weight is 271 g/mol. The zero-order valence-corrected chi connectivity index (χ0v) is 12.1. The van der Waals surface area contributed by atoms with E-state index in [2.05, 4.69) is 0 Å². The van der Waals surface area contributed by atoms with Gasteiger partial charge in [0.1, 0.15) is 5.75 Å². The maximum absolute atomic E-state index is 11.8. The molecule has 2 aromatic rings. The van der Waals surface area contributed by atoms with Gasteiger partial charge >= 0.3 is 0 Å². The number of rotatable bonds is 3. The van der Waals surface area contributed by atoms with Crippen molar-refractivity contribution >= 4 is 5.78 Å². The lowest BCUT2D eigenvalue weighted by Crippen LogP contribution is -2.17. The molecule has 0 aliphatic carbocycles. The van der Waals surface area contributed by atoms with Crippen LogP contribution in [0.3, 0.4) is 0 Å². The van der Waals surface area contributed by atoms with Gasteiger partial charge in [-0.05, 0) is 38.5 Å². The van der Waals surface area contributed by atoms with Crippen molar-refractivity contribution < 1.29 is 9.53 Å². The molecule has 4 heteroatoms. The highest BCUT2D eigenvalue weighted by atomic mass is 16.5. The molecule has 0 atom stereocenters. The summed E-state index contributed by atoms with van der Waals surface area (Å²) >= 11 is 0. The summed E-state index contributed by atoms with van der Waals surface area (Å²) in [5.74, 6) is 0.451. The van der Waals surface area contributed by atoms with Gasteiger partial charge < -0.3 is 9.30 Å². The third kappa shape index (κ3) is 2.50. The van der Waals surface area contributed by atoms with Crippen LogP contribution in [0, 0.1) is 13.8 Å². The first-order valence-corrected chi connectivity index (χ1v) is 6.33. The Labute approximate surface area is 117 Å². The van der Waals surface area contributed by atoms with Crippen LogP contribution in [-0.2, 0) is 0 Å². The van der Waals surface area contributed by atoms with Crippen molar-refractivity contribution in [2.24, 2.45) is 0 Å². The molecule has 0 bridgehead atoms. The number of aromatic nitrogens is 1. The summed E-state index contributed by atoms with van der Waals surface area (Å²) in [6, 6.07) is 7.25. The molecular weight excluding hydrogens is 254 g/mol. The molecule has 0 amide bonds. The smallest absolute Gasteiger partial charge is 0.192 e. The number of ketones is 1. The molecule has 0 saturated carbocycles. The van der Waals surface area contributed by atoms with Crippen LogP contribution < -0.4 is 10.2 Å². The molecule has 1 aromatic carbocycles. The van der Waals surface area contributed by atoms with E-state index >= 15 is 0 Å². The molecule has 0 aliphatic rings. The summed E-state index contributed by atoms with van der Waals surface area (Å²) in [6.45, 7) is 5.20. The van der Waals surface area contributed by atoms with Gasteiger partial charge in [-0.15, -0.1) is 0 Å². The Morgan fingerprint density at radius 3 is 2.50 bits per heavy atom. The number of nitrogens with zero attached hydrogens (tertiary/aromatic N) is 1. The molecule has 0 radical (unpaired) electrons. The number of hydrogen-bond donors (Lipinski definition) is 0. The first-order valence-electron chi connectivity index (χ1n) is 6.33. The van der Waals surface area contributed by atoms with Crippen LogP contribution in [0.4, 0.5) is 0 Å². The minimum Gasteiger partial charge on any atom is -0.495 e. The van der Waals surface area contributed by atoms with Gasteiger partial charge in [0.15, 0.2) is 11.2 Å². The largest absolute Gasteiger partial charge is 0.495 e. The van der Waals surface area contributed by atoms with Crippen LogP contribution in [-0.4, -0.2) is 17.5 Å². The van der Waals surface area contributed by atoms with E-state index in [4.69, 9.17) is 4.74 Å². The molecule has 0 unspecified atom stereocenters. The summed E-state index contributed by atoms with van der Waals surface area (Å²) in [5, 5.41) is 0. The van der Waals surface area contributed by atoms with Crippen molar-refractivity contribution in [1.29, 1.82) is 0 Å². The van der Waals surface area contributed by atoms with Gasteiger partial charge in [-0.3, -0.25) is 9.59 Å². The highest BCUT2D eigenvalue weighted by molar-refractivity contribution is 5.93. The maximum Gasteiger partial charge on any atom is 0.192 e. The zero-order chi connectivity index (χ0) is 14.9. The molecule has 0 aliphatic heterocycles. The lowest BCUT2D eigenvalue weighted by atomic mass is 10.1. The van der Waals surface area contributed by atoms with E-state index in [9.17, 15) is 9.59 Å². The van der Waals surface area contributed by atoms with Crippen LogP contribution in [0.1, 0.15) is 28.5 Å². The number of aryl methyl sites for hydroxylation is 2. The maximum atomic E-state index is 11.8. The number of carbonyl (C=O) groups is 1. The van der Waals surface area contributed by atoms with Gasteiger partial charge in [-0.2, -0.15) is 0 Å². The predicted molar refractivity (Wildman–Crippen MR) is 78.1 cm³/mol. The van der Waals surface area contributed by atoms with Gasteiger partial charge in [0, 0.05) is 18.0 Å². The van der Waals surface area contributed by atoms with E-state index in [1.807, 2.05) is 36.6 Å². The number of benzene rings is 1. The molecule has 0 saturated heterocycles. The van der Waals surface area contributed by atoms with Crippen LogP contribution in [0.15, 0.2) is 35.3 Å². The van der Waals surface area contributed by atoms with Crippen LogP contribution in [0.5, 0.6) is 5.75 Å². The molecule has 104 valence electrons. The lowest BCUT2D eigenvalue weighted by Gasteiger charge is -2.16. The third-order valence-corrected chi connectivity index (χ3v) is 3.22. The van der Waals surface area contributed by atoms with Gasteiger partial charge in [0.25, 0.3) is 0 Å². The van der Waals surface area contributed by atoms with Crippen molar-refractivity contribution in [3.63, 3.8) is 0 Å². The summed E-state index contributed by atoms with van der Waals surface area (Å²) in [4.78, 5) is 23.4. The SMILES string of the molecule is COc1ccc(C)cc1-n1cc(C(C)=O)c(=O)cc1C. The Kier molecular flexibility index (Phi) is 3.74. The fourth-order valence-corrected chi connectivity index (χ4v) is 2.14. The number of Topliss-reactive ketones (excluding diaryl/α,β-unsaturated/α-hetero) is 1. The second kappa shape index (κ2) is 5.33. The Balaban J connectivity index is 2.75. The summed E-state index contributed by atoms with van der Waals surface area (Å²) in [7, 11) is 1.60. The van der Waals surface area contributed by atoms with E-state index < -0.39 is 0 Å². The minimum absolute atomic E-state index is 0.180. The van der Waals surface area contributed by atoms with Gasteiger partial charge in [-0.25, -0.2) is 0 Å². The summed E-state index contributed by atoms with van der Waals surface area (Å²) < 4.78 is 7.17.